The van der Waals surface area contributed by atoms with Crippen LogP contribution in [0, 0.1) is 0 Å². The monoisotopic (exact) mass is 382 g/mol. The van der Waals surface area contributed by atoms with Crippen LogP contribution in [0.4, 0.5) is 4.32 Å². The minimum absolute atomic E-state index is 0.466. The standard InChI is InChI=1S/2C7H13NOS.BFH2O2/c2*1-3-9-7-6(2)10-5-4-8-7;2-1(3)4/h2*6H,3-5H2,1-2H3;3-4H. The average molecular weight is 382 g/mol. The number of ether oxygens (including phenoxy) is 2. The van der Waals surface area contributed by atoms with Gasteiger partial charge < -0.3 is 19.5 Å². The van der Waals surface area contributed by atoms with Crippen molar-refractivity contribution < 1.29 is 23.8 Å². The first-order valence-corrected chi connectivity index (χ1v) is 10.1. The number of halogens is 1. The van der Waals surface area contributed by atoms with Gasteiger partial charge in [-0.25, -0.2) is 0 Å². The molecule has 0 bridgehead atoms. The molecule has 0 saturated heterocycles. The van der Waals surface area contributed by atoms with E-state index in [1.165, 1.54) is 0 Å². The van der Waals surface area contributed by atoms with Gasteiger partial charge in [0, 0.05) is 11.5 Å². The number of aliphatic imine (C=N–C) groups is 2. The van der Waals surface area contributed by atoms with E-state index in [0.717, 1.165) is 49.6 Å². The lowest BCUT2D eigenvalue weighted by Crippen LogP contribution is -2.22. The normalized spacial score (nSPS) is 22.6. The summed E-state index contributed by atoms with van der Waals surface area (Å²) in [6, 6.07) is 0. The van der Waals surface area contributed by atoms with Crippen LogP contribution in [0.1, 0.15) is 27.7 Å². The van der Waals surface area contributed by atoms with Crippen molar-refractivity contribution in [3.63, 3.8) is 0 Å². The summed E-state index contributed by atoms with van der Waals surface area (Å²) >= 11 is 3.82. The van der Waals surface area contributed by atoms with Gasteiger partial charge in [0.1, 0.15) is 0 Å². The molecule has 2 unspecified atom stereocenters. The van der Waals surface area contributed by atoms with Crippen LogP contribution in [-0.4, -0.2) is 77.5 Å². The first-order chi connectivity index (χ1) is 11.4. The fourth-order valence-corrected chi connectivity index (χ4v) is 3.46. The van der Waals surface area contributed by atoms with Crippen molar-refractivity contribution in [2.75, 3.05) is 37.8 Å². The molecule has 10 heteroatoms. The molecular weight excluding hydrogens is 354 g/mol. The number of thioether (sulfide) groups is 2. The molecular formula is C14H28BFN2O4S2. The molecule has 0 radical (unpaired) electrons. The maximum atomic E-state index is 10.1. The summed E-state index contributed by atoms with van der Waals surface area (Å²) < 4.78 is 20.8. The van der Waals surface area contributed by atoms with Gasteiger partial charge in [0.15, 0.2) is 11.8 Å². The van der Waals surface area contributed by atoms with Crippen LogP contribution >= 0.6 is 23.5 Å². The van der Waals surface area contributed by atoms with E-state index >= 15 is 0 Å². The predicted octanol–water partition coefficient (Wildman–Crippen LogP) is 2.04. The van der Waals surface area contributed by atoms with Gasteiger partial charge in [-0.15, -0.1) is 23.5 Å². The summed E-state index contributed by atoms with van der Waals surface area (Å²) in [6.45, 7) is 11.6. The largest absolute Gasteiger partial charge is 0.674 e. The molecule has 6 nitrogen and oxygen atoms in total. The summed E-state index contributed by atoms with van der Waals surface area (Å²) in [7, 11) is -2.67. The molecule has 0 aromatic carbocycles. The first-order valence-electron chi connectivity index (χ1n) is 7.99. The quantitative estimate of drug-likeness (QED) is 0.712. The summed E-state index contributed by atoms with van der Waals surface area (Å²) in [5.41, 5.74) is 0. The van der Waals surface area contributed by atoms with Crippen LogP contribution in [-0.2, 0) is 9.47 Å². The molecule has 2 aliphatic rings. The third-order valence-corrected chi connectivity index (χ3v) is 4.97. The van der Waals surface area contributed by atoms with Gasteiger partial charge in [0.05, 0.1) is 36.8 Å². The Labute approximate surface area is 152 Å². The highest BCUT2D eigenvalue weighted by Crippen LogP contribution is 2.17. The van der Waals surface area contributed by atoms with E-state index in [9.17, 15) is 4.32 Å². The second-order valence-electron chi connectivity index (χ2n) is 4.64. The zero-order chi connectivity index (χ0) is 18.4. The van der Waals surface area contributed by atoms with Gasteiger partial charge in [0.25, 0.3) is 0 Å². The highest BCUT2D eigenvalue weighted by Gasteiger charge is 2.15. The highest BCUT2D eigenvalue weighted by atomic mass is 32.2. The molecule has 0 spiro atoms. The summed E-state index contributed by atoms with van der Waals surface area (Å²) in [5.74, 6) is 4.13. The Morgan fingerprint density at radius 3 is 1.58 bits per heavy atom. The smallest absolute Gasteiger partial charge is 0.480 e. The second kappa shape index (κ2) is 14.9. The topological polar surface area (TPSA) is 83.6 Å². The zero-order valence-corrected chi connectivity index (χ0v) is 16.4. The Hall–Kier alpha value is -0.445. The van der Waals surface area contributed by atoms with Gasteiger partial charge in [-0.05, 0) is 27.7 Å². The van der Waals surface area contributed by atoms with Crippen LogP contribution in [0.3, 0.4) is 0 Å². The molecule has 2 N–H and O–H groups in total. The third kappa shape index (κ3) is 12.0. The Bertz CT molecular complexity index is 355. The fourth-order valence-electron chi connectivity index (χ4n) is 1.79. The Balaban J connectivity index is 0.000000363. The van der Waals surface area contributed by atoms with Crippen LogP contribution in [0.25, 0.3) is 0 Å². The van der Waals surface area contributed by atoms with Gasteiger partial charge in [0.2, 0.25) is 0 Å². The second-order valence-corrected chi connectivity index (χ2v) is 7.54. The number of hydrogen-bond donors (Lipinski definition) is 2. The molecule has 0 amide bonds. The van der Waals surface area contributed by atoms with E-state index in [-0.39, 0.29) is 0 Å². The van der Waals surface area contributed by atoms with Crippen LogP contribution in [0.15, 0.2) is 9.98 Å². The van der Waals surface area contributed by atoms with E-state index in [4.69, 9.17) is 19.5 Å². The number of rotatable bonds is 2. The lowest BCUT2D eigenvalue weighted by Gasteiger charge is -2.18. The summed E-state index contributed by atoms with van der Waals surface area (Å²) in [5, 5.41) is 14.8. The molecule has 0 aromatic heterocycles. The molecule has 0 fully saturated rings. The molecule has 0 aromatic rings. The van der Waals surface area contributed by atoms with E-state index in [0.29, 0.717) is 10.5 Å². The van der Waals surface area contributed by atoms with Crippen LogP contribution in [0.5, 0.6) is 0 Å². The molecule has 24 heavy (non-hydrogen) atoms. The molecule has 2 rings (SSSR count). The van der Waals surface area contributed by atoms with Crippen molar-refractivity contribution in [3.05, 3.63) is 0 Å². The molecule has 0 saturated carbocycles. The van der Waals surface area contributed by atoms with Gasteiger partial charge >= 0.3 is 7.40 Å². The highest BCUT2D eigenvalue weighted by molar-refractivity contribution is 8.00. The summed E-state index contributed by atoms with van der Waals surface area (Å²) in [4.78, 5) is 8.55. The third-order valence-electron chi connectivity index (χ3n) is 2.73. The van der Waals surface area contributed by atoms with Crippen molar-refractivity contribution in [1.29, 1.82) is 0 Å². The van der Waals surface area contributed by atoms with Crippen molar-refractivity contribution >= 4 is 42.7 Å². The number of hydrogen-bond acceptors (Lipinski definition) is 8. The number of nitrogens with zero attached hydrogens (tertiary/aromatic N) is 2. The van der Waals surface area contributed by atoms with Gasteiger partial charge in [-0.2, -0.15) is 0 Å². The fraction of sp³-hybridized carbons (Fsp3) is 0.857. The lowest BCUT2D eigenvalue weighted by atomic mass is 10.3. The van der Waals surface area contributed by atoms with Gasteiger partial charge in [-0.3, -0.25) is 14.3 Å². The zero-order valence-electron chi connectivity index (χ0n) is 14.8. The van der Waals surface area contributed by atoms with Crippen LogP contribution in [0.2, 0.25) is 0 Å². The minimum atomic E-state index is -2.67. The average Bonchev–Trinajstić information content (AvgIpc) is 2.52. The van der Waals surface area contributed by atoms with Crippen molar-refractivity contribution in [2.24, 2.45) is 9.98 Å². The van der Waals surface area contributed by atoms with E-state index in [1.54, 1.807) is 0 Å². The van der Waals surface area contributed by atoms with E-state index < -0.39 is 7.40 Å². The molecule has 0 aliphatic carbocycles. The van der Waals surface area contributed by atoms with Crippen molar-refractivity contribution in [1.82, 2.24) is 0 Å². The first kappa shape index (κ1) is 23.6. The minimum Gasteiger partial charge on any atom is -0.480 e. The van der Waals surface area contributed by atoms with Crippen molar-refractivity contribution in [3.8, 4) is 0 Å². The Kier molecular flexibility index (Phi) is 14.6. The maximum absolute atomic E-state index is 10.1. The predicted molar refractivity (Wildman–Crippen MR) is 103 cm³/mol. The molecule has 140 valence electrons. The summed E-state index contributed by atoms with van der Waals surface area (Å²) in [6.07, 6.45) is 0. The molecule has 2 atom stereocenters. The Morgan fingerprint density at radius 1 is 1.00 bits per heavy atom. The van der Waals surface area contributed by atoms with Crippen molar-refractivity contribution in [2.45, 2.75) is 38.2 Å². The maximum Gasteiger partial charge on any atom is 0.674 e. The Morgan fingerprint density at radius 2 is 1.33 bits per heavy atom. The van der Waals surface area contributed by atoms with Crippen LogP contribution < -0.4 is 0 Å². The lowest BCUT2D eigenvalue weighted by molar-refractivity contribution is 0.318. The molecule has 2 heterocycles. The van der Waals surface area contributed by atoms with E-state index in [1.807, 2.05) is 37.4 Å². The SMILES string of the molecule is CCOC1=NCCSC1C.CCOC1=NCCSC1C.OB(O)F. The van der Waals surface area contributed by atoms with E-state index in [2.05, 4.69) is 23.8 Å². The molecule has 2 aliphatic heterocycles. The van der Waals surface area contributed by atoms with Gasteiger partial charge in [-0.1, -0.05) is 0 Å².